The van der Waals surface area contributed by atoms with Gasteiger partial charge in [-0.05, 0) is 45.5 Å². The normalized spacial score (nSPS) is 10.9. The van der Waals surface area contributed by atoms with Crippen molar-refractivity contribution in [2.75, 3.05) is 20.1 Å². The Morgan fingerprint density at radius 3 is 2.12 bits per heavy atom. The van der Waals surface area contributed by atoms with Crippen molar-refractivity contribution >= 4 is 5.78 Å². The predicted octanol–water partition coefficient (Wildman–Crippen LogP) is 2.75. The number of rotatable bonds is 4. The van der Waals surface area contributed by atoms with Gasteiger partial charge in [0.15, 0.2) is 5.78 Å². The molecule has 0 aliphatic rings. The van der Waals surface area contributed by atoms with E-state index in [4.69, 9.17) is 0 Å². The number of carbonyl (C=O) groups is 1. The quantitative estimate of drug-likeness (QED) is 0.726. The molecular weight excluding hydrogens is 198 g/mol. The summed E-state index contributed by atoms with van der Waals surface area (Å²) in [7, 11) is 1.97. The lowest BCUT2D eigenvalue weighted by Crippen LogP contribution is -2.26. The summed E-state index contributed by atoms with van der Waals surface area (Å²) in [5, 5.41) is 0. The number of nitrogens with zero attached hydrogens (tertiary/aromatic N) is 1. The van der Waals surface area contributed by atoms with Crippen molar-refractivity contribution in [3.05, 3.63) is 34.4 Å². The predicted molar refractivity (Wildman–Crippen MR) is 68.2 cm³/mol. The minimum atomic E-state index is 0.222. The van der Waals surface area contributed by atoms with Crippen LogP contribution in [0.5, 0.6) is 0 Å². The fraction of sp³-hybridized carbons (Fsp3) is 0.500. The first-order valence-electron chi connectivity index (χ1n) is 5.75. The Morgan fingerprint density at radius 2 is 1.69 bits per heavy atom. The molecule has 0 atom stereocenters. The summed E-state index contributed by atoms with van der Waals surface area (Å²) in [4.78, 5) is 14.2. The van der Waals surface area contributed by atoms with E-state index in [1.165, 1.54) is 5.56 Å². The molecule has 1 aromatic carbocycles. The maximum Gasteiger partial charge on any atom is 0.177 e. The molecule has 0 aromatic heterocycles. The summed E-state index contributed by atoms with van der Waals surface area (Å²) in [5.74, 6) is 0.222. The molecular formula is C14H21NO. The van der Waals surface area contributed by atoms with Gasteiger partial charge in [-0.1, -0.05) is 24.6 Å². The molecule has 0 fully saturated rings. The van der Waals surface area contributed by atoms with Gasteiger partial charge in [-0.3, -0.25) is 9.69 Å². The molecule has 0 aliphatic carbocycles. The van der Waals surface area contributed by atoms with Crippen molar-refractivity contribution in [2.24, 2.45) is 0 Å². The third kappa shape index (κ3) is 2.92. The van der Waals surface area contributed by atoms with Gasteiger partial charge < -0.3 is 0 Å². The first kappa shape index (κ1) is 12.9. The lowest BCUT2D eigenvalue weighted by Gasteiger charge is -2.15. The van der Waals surface area contributed by atoms with Crippen LogP contribution in [0, 0.1) is 20.8 Å². The Kier molecular flexibility index (Phi) is 4.25. The largest absolute Gasteiger partial charge is 0.299 e. The van der Waals surface area contributed by atoms with Gasteiger partial charge in [0.1, 0.15) is 0 Å². The van der Waals surface area contributed by atoms with E-state index in [1.54, 1.807) is 0 Å². The number of Topliss-reactive ketones (excluding diaryl/α,β-unsaturated/α-hetero) is 1. The summed E-state index contributed by atoms with van der Waals surface area (Å²) < 4.78 is 0. The molecule has 0 amide bonds. The Labute approximate surface area is 98.3 Å². The molecule has 2 heteroatoms. The smallest absolute Gasteiger partial charge is 0.177 e. The lowest BCUT2D eigenvalue weighted by atomic mass is 9.96. The van der Waals surface area contributed by atoms with Gasteiger partial charge in [0, 0.05) is 5.56 Å². The van der Waals surface area contributed by atoms with Crippen LogP contribution in [-0.4, -0.2) is 30.8 Å². The van der Waals surface area contributed by atoms with E-state index in [2.05, 4.69) is 26.0 Å². The average molecular weight is 219 g/mol. The second kappa shape index (κ2) is 5.26. The van der Waals surface area contributed by atoms with Gasteiger partial charge in [-0.15, -0.1) is 0 Å². The monoisotopic (exact) mass is 219 g/mol. The summed E-state index contributed by atoms with van der Waals surface area (Å²) >= 11 is 0. The number of benzene rings is 1. The third-order valence-electron chi connectivity index (χ3n) is 2.91. The van der Waals surface area contributed by atoms with Gasteiger partial charge in [0.05, 0.1) is 6.54 Å². The van der Waals surface area contributed by atoms with Crippen LogP contribution in [0.1, 0.15) is 34.0 Å². The molecule has 0 aliphatic heterocycles. The molecule has 0 bridgehead atoms. The molecule has 1 rings (SSSR count). The molecule has 16 heavy (non-hydrogen) atoms. The van der Waals surface area contributed by atoms with Crippen LogP contribution < -0.4 is 0 Å². The van der Waals surface area contributed by atoms with Crippen LogP contribution in [0.15, 0.2) is 12.1 Å². The topological polar surface area (TPSA) is 20.3 Å². The Morgan fingerprint density at radius 1 is 1.19 bits per heavy atom. The zero-order chi connectivity index (χ0) is 12.3. The highest BCUT2D eigenvalue weighted by Crippen LogP contribution is 2.17. The number of carbonyl (C=O) groups excluding carboxylic acids is 1. The summed E-state index contributed by atoms with van der Waals surface area (Å²) in [6.07, 6.45) is 0. The summed E-state index contributed by atoms with van der Waals surface area (Å²) in [5.41, 5.74) is 4.29. The number of likely N-dealkylation sites (N-methyl/N-ethyl adjacent to an activating group) is 1. The Hall–Kier alpha value is -1.15. The SMILES string of the molecule is CCN(C)CC(=O)c1c(C)cc(C)cc1C. The molecule has 0 spiro atoms. The number of hydrogen-bond acceptors (Lipinski definition) is 2. The maximum atomic E-state index is 12.1. The maximum absolute atomic E-state index is 12.1. The highest BCUT2D eigenvalue weighted by molar-refractivity contribution is 6.00. The van der Waals surface area contributed by atoms with Crippen LogP contribution in [0.4, 0.5) is 0 Å². The van der Waals surface area contributed by atoms with Crippen molar-refractivity contribution < 1.29 is 4.79 Å². The van der Waals surface area contributed by atoms with Gasteiger partial charge in [0.25, 0.3) is 0 Å². The van der Waals surface area contributed by atoms with Crippen molar-refractivity contribution in [3.8, 4) is 0 Å². The van der Waals surface area contributed by atoms with Crippen LogP contribution in [0.3, 0.4) is 0 Å². The molecule has 0 saturated carbocycles. The molecule has 0 saturated heterocycles. The van der Waals surface area contributed by atoms with Crippen LogP contribution >= 0.6 is 0 Å². The Bertz CT molecular complexity index is 373. The standard InChI is InChI=1S/C14H21NO/c1-6-15(5)9-13(16)14-11(3)7-10(2)8-12(14)4/h7-8H,6,9H2,1-5H3. The van der Waals surface area contributed by atoms with E-state index >= 15 is 0 Å². The van der Waals surface area contributed by atoms with Gasteiger partial charge in [-0.25, -0.2) is 0 Å². The highest BCUT2D eigenvalue weighted by Gasteiger charge is 2.13. The molecule has 0 unspecified atom stereocenters. The fourth-order valence-corrected chi connectivity index (χ4v) is 2.06. The lowest BCUT2D eigenvalue weighted by molar-refractivity contribution is 0.0947. The zero-order valence-electron chi connectivity index (χ0n) is 10.9. The van der Waals surface area contributed by atoms with E-state index in [1.807, 2.05) is 25.8 Å². The number of aryl methyl sites for hydroxylation is 3. The molecule has 0 N–H and O–H groups in total. The summed E-state index contributed by atoms with van der Waals surface area (Å²) in [6.45, 7) is 9.55. The second-order valence-electron chi connectivity index (χ2n) is 4.53. The highest BCUT2D eigenvalue weighted by atomic mass is 16.1. The summed E-state index contributed by atoms with van der Waals surface area (Å²) in [6, 6.07) is 4.15. The number of ketones is 1. The van der Waals surface area contributed by atoms with Crippen LogP contribution in [-0.2, 0) is 0 Å². The van der Waals surface area contributed by atoms with E-state index in [0.717, 1.165) is 23.2 Å². The molecule has 1 aromatic rings. The fourth-order valence-electron chi connectivity index (χ4n) is 2.06. The first-order valence-corrected chi connectivity index (χ1v) is 5.75. The Balaban J connectivity index is 3.00. The van der Waals surface area contributed by atoms with Crippen molar-refractivity contribution in [2.45, 2.75) is 27.7 Å². The van der Waals surface area contributed by atoms with Crippen molar-refractivity contribution in [1.82, 2.24) is 4.90 Å². The number of hydrogen-bond donors (Lipinski definition) is 0. The average Bonchev–Trinajstić information content (AvgIpc) is 2.15. The molecule has 0 heterocycles. The minimum absolute atomic E-state index is 0.222. The first-order chi connectivity index (χ1) is 7.45. The molecule has 0 radical (unpaired) electrons. The van der Waals surface area contributed by atoms with E-state index in [9.17, 15) is 4.79 Å². The van der Waals surface area contributed by atoms with E-state index in [0.29, 0.717) is 6.54 Å². The van der Waals surface area contributed by atoms with E-state index in [-0.39, 0.29) is 5.78 Å². The molecule has 2 nitrogen and oxygen atoms in total. The third-order valence-corrected chi connectivity index (χ3v) is 2.91. The van der Waals surface area contributed by atoms with Crippen molar-refractivity contribution in [3.63, 3.8) is 0 Å². The van der Waals surface area contributed by atoms with Gasteiger partial charge in [-0.2, -0.15) is 0 Å². The van der Waals surface area contributed by atoms with Gasteiger partial charge >= 0.3 is 0 Å². The van der Waals surface area contributed by atoms with Gasteiger partial charge in [0.2, 0.25) is 0 Å². The minimum Gasteiger partial charge on any atom is -0.299 e. The van der Waals surface area contributed by atoms with E-state index < -0.39 is 0 Å². The van der Waals surface area contributed by atoms with Crippen LogP contribution in [0.2, 0.25) is 0 Å². The second-order valence-corrected chi connectivity index (χ2v) is 4.53. The van der Waals surface area contributed by atoms with Crippen LogP contribution in [0.25, 0.3) is 0 Å². The molecule has 88 valence electrons. The van der Waals surface area contributed by atoms with Crippen molar-refractivity contribution in [1.29, 1.82) is 0 Å². The zero-order valence-corrected chi connectivity index (χ0v) is 10.9.